The summed E-state index contributed by atoms with van der Waals surface area (Å²) >= 11 is 0. The molecule has 2 radical (unpaired) electrons. The molecule has 2 unspecified atom stereocenters. The van der Waals surface area contributed by atoms with E-state index in [9.17, 15) is 4.39 Å². The second-order valence-corrected chi connectivity index (χ2v) is 4.26. The first-order valence-corrected chi connectivity index (χ1v) is 4.06. The van der Waals surface area contributed by atoms with Gasteiger partial charge in [-0.05, 0) is 33.1 Å². The molecule has 2 atom stereocenters. The fourth-order valence-electron chi connectivity index (χ4n) is 1.34. The lowest BCUT2D eigenvalue weighted by molar-refractivity contribution is 0.161. The molecule has 0 saturated carbocycles. The number of halogens is 1. The zero-order chi connectivity index (χ0) is 8.65. The van der Waals surface area contributed by atoms with Crippen LogP contribution in [0, 0.1) is 0 Å². The number of likely N-dealkylation sites (tertiary alicyclic amines) is 1. The molecular weight excluding hydrogens is 140 g/mol. The third-order valence-corrected chi connectivity index (χ3v) is 2.24. The van der Waals surface area contributed by atoms with E-state index in [1.165, 1.54) is 0 Å². The molecule has 11 heavy (non-hydrogen) atoms. The van der Waals surface area contributed by atoms with E-state index in [4.69, 9.17) is 7.85 Å². The SMILES string of the molecule is [B]C1CN(C(C)(C)C)CC1F. The maximum absolute atomic E-state index is 12.9. The van der Waals surface area contributed by atoms with E-state index >= 15 is 0 Å². The minimum Gasteiger partial charge on any atom is -0.296 e. The Kier molecular flexibility index (Phi) is 2.28. The summed E-state index contributed by atoms with van der Waals surface area (Å²) in [7, 11) is 5.55. The molecule has 1 aliphatic heterocycles. The Bertz CT molecular complexity index is 134. The van der Waals surface area contributed by atoms with E-state index in [1.807, 2.05) is 0 Å². The standard InChI is InChI=1S/C8H15BFN/c1-8(2,3)11-4-6(9)7(10)5-11/h6-7H,4-5H2,1-3H3. The molecule has 0 aromatic carbocycles. The van der Waals surface area contributed by atoms with Crippen LogP contribution in [0.2, 0.25) is 5.82 Å². The van der Waals surface area contributed by atoms with Crippen molar-refractivity contribution < 1.29 is 4.39 Å². The Hall–Kier alpha value is -0.0451. The second-order valence-electron chi connectivity index (χ2n) is 4.26. The highest BCUT2D eigenvalue weighted by Gasteiger charge is 2.34. The van der Waals surface area contributed by atoms with E-state index in [0.717, 1.165) is 0 Å². The number of nitrogens with zero attached hydrogens (tertiary/aromatic N) is 1. The predicted molar refractivity (Wildman–Crippen MR) is 45.7 cm³/mol. The second kappa shape index (κ2) is 2.78. The molecule has 0 aromatic heterocycles. The highest BCUT2D eigenvalue weighted by molar-refractivity contribution is 6.12. The van der Waals surface area contributed by atoms with E-state index in [0.29, 0.717) is 13.1 Å². The zero-order valence-electron chi connectivity index (χ0n) is 7.47. The van der Waals surface area contributed by atoms with Crippen molar-refractivity contribution in [3.63, 3.8) is 0 Å². The smallest absolute Gasteiger partial charge is 0.109 e. The number of hydrogen-bond acceptors (Lipinski definition) is 1. The quantitative estimate of drug-likeness (QED) is 0.478. The largest absolute Gasteiger partial charge is 0.296 e. The fraction of sp³-hybridized carbons (Fsp3) is 1.00. The lowest BCUT2D eigenvalue weighted by Crippen LogP contribution is -2.39. The van der Waals surface area contributed by atoms with Crippen LogP contribution in [0.1, 0.15) is 20.8 Å². The first-order chi connectivity index (χ1) is 4.91. The molecule has 0 amide bonds. The van der Waals surface area contributed by atoms with Gasteiger partial charge in [-0.2, -0.15) is 0 Å². The maximum Gasteiger partial charge on any atom is 0.109 e. The van der Waals surface area contributed by atoms with Crippen LogP contribution in [0.15, 0.2) is 0 Å². The summed E-state index contributed by atoms with van der Waals surface area (Å²) in [6, 6.07) is 0. The molecule has 0 aromatic rings. The molecule has 1 heterocycles. The van der Waals surface area contributed by atoms with Gasteiger partial charge < -0.3 is 0 Å². The van der Waals surface area contributed by atoms with Gasteiger partial charge in [0.1, 0.15) is 6.17 Å². The summed E-state index contributed by atoms with van der Waals surface area (Å²) in [6.45, 7) is 7.42. The van der Waals surface area contributed by atoms with E-state index in [-0.39, 0.29) is 11.4 Å². The lowest BCUT2D eigenvalue weighted by atomic mass is 9.86. The molecular formula is C8H15BFN. The Morgan fingerprint density at radius 1 is 1.36 bits per heavy atom. The summed E-state index contributed by atoms with van der Waals surface area (Å²) in [5.41, 5.74) is 0.0540. The predicted octanol–water partition coefficient (Wildman–Crippen LogP) is 1.40. The van der Waals surface area contributed by atoms with Gasteiger partial charge in [-0.25, -0.2) is 4.39 Å². The molecule has 3 heteroatoms. The molecule has 1 aliphatic rings. The molecule has 0 aliphatic carbocycles. The Balaban J connectivity index is 2.54. The molecule has 1 rings (SSSR count). The zero-order valence-corrected chi connectivity index (χ0v) is 7.47. The Labute approximate surface area is 69.4 Å². The van der Waals surface area contributed by atoms with Crippen LogP contribution >= 0.6 is 0 Å². The van der Waals surface area contributed by atoms with Crippen LogP contribution in [0.4, 0.5) is 4.39 Å². The average Bonchev–Trinajstić information content (AvgIpc) is 2.11. The van der Waals surface area contributed by atoms with Crippen molar-refractivity contribution in [2.75, 3.05) is 13.1 Å². The van der Waals surface area contributed by atoms with Gasteiger partial charge >= 0.3 is 0 Å². The molecule has 1 fully saturated rings. The molecule has 0 bridgehead atoms. The van der Waals surface area contributed by atoms with Gasteiger partial charge in [0.2, 0.25) is 0 Å². The van der Waals surface area contributed by atoms with Gasteiger partial charge in [0, 0.05) is 12.1 Å². The van der Waals surface area contributed by atoms with Gasteiger partial charge in [0.05, 0.1) is 7.85 Å². The number of alkyl halides is 1. The first-order valence-electron chi connectivity index (χ1n) is 4.06. The van der Waals surface area contributed by atoms with Gasteiger partial charge in [-0.3, -0.25) is 4.90 Å². The van der Waals surface area contributed by atoms with E-state index in [2.05, 4.69) is 25.7 Å². The van der Waals surface area contributed by atoms with E-state index < -0.39 is 6.17 Å². The monoisotopic (exact) mass is 155 g/mol. The van der Waals surface area contributed by atoms with Crippen molar-refractivity contribution in [2.24, 2.45) is 0 Å². The van der Waals surface area contributed by atoms with Crippen LogP contribution in [0.25, 0.3) is 0 Å². The summed E-state index contributed by atoms with van der Waals surface area (Å²) in [6.07, 6.45) is -0.839. The molecule has 0 spiro atoms. The highest BCUT2D eigenvalue weighted by atomic mass is 19.1. The average molecular weight is 155 g/mol. The third-order valence-electron chi connectivity index (χ3n) is 2.24. The Morgan fingerprint density at radius 2 is 1.91 bits per heavy atom. The van der Waals surface area contributed by atoms with Gasteiger partial charge in [-0.15, -0.1) is 0 Å². The normalized spacial score (nSPS) is 34.5. The van der Waals surface area contributed by atoms with Crippen molar-refractivity contribution in [3.8, 4) is 0 Å². The number of rotatable bonds is 0. The summed E-state index contributed by atoms with van der Waals surface area (Å²) in [5, 5.41) is 0. The lowest BCUT2D eigenvalue weighted by Gasteiger charge is -2.31. The molecule has 1 saturated heterocycles. The highest BCUT2D eigenvalue weighted by Crippen LogP contribution is 2.27. The van der Waals surface area contributed by atoms with Gasteiger partial charge in [0.25, 0.3) is 0 Å². The Morgan fingerprint density at radius 3 is 2.09 bits per heavy atom. The van der Waals surface area contributed by atoms with E-state index in [1.54, 1.807) is 0 Å². The van der Waals surface area contributed by atoms with Crippen LogP contribution in [-0.4, -0.2) is 37.5 Å². The van der Waals surface area contributed by atoms with Crippen LogP contribution in [-0.2, 0) is 0 Å². The summed E-state index contributed by atoms with van der Waals surface area (Å²) in [4.78, 5) is 2.09. The minimum absolute atomic E-state index is 0.0540. The van der Waals surface area contributed by atoms with Crippen LogP contribution in [0.3, 0.4) is 0 Å². The third kappa shape index (κ3) is 1.95. The topological polar surface area (TPSA) is 3.24 Å². The minimum atomic E-state index is -0.839. The van der Waals surface area contributed by atoms with Crippen molar-refractivity contribution in [2.45, 2.75) is 38.3 Å². The van der Waals surface area contributed by atoms with Crippen molar-refractivity contribution in [3.05, 3.63) is 0 Å². The van der Waals surface area contributed by atoms with Gasteiger partial charge in [-0.1, -0.05) is 0 Å². The maximum atomic E-state index is 12.9. The first kappa shape index (κ1) is 9.05. The molecule has 0 N–H and O–H groups in total. The van der Waals surface area contributed by atoms with Crippen LogP contribution < -0.4 is 0 Å². The van der Waals surface area contributed by atoms with Crippen molar-refractivity contribution in [1.82, 2.24) is 4.90 Å². The fourth-order valence-corrected chi connectivity index (χ4v) is 1.34. The van der Waals surface area contributed by atoms with Gasteiger partial charge in [0.15, 0.2) is 0 Å². The molecule has 62 valence electrons. The van der Waals surface area contributed by atoms with Crippen molar-refractivity contribution in [1.29, 1.82) is 0 Å². The van der Waals surface area contributed by atoms with Crippen molar-refractivity contribution >= 4 is 7.85 Å². The summed E-state index contributed by atoms with van der Waals surface area (Å²) in [5.74, 6) is -0.283. The van der Waals surface area contributed by atoms with Crippen LogP contribution in [0.5, 0.6) is 0 Å². The summed E-state index contributed by atoms with van der Waals surface area (Å²) < 4.78 is 12.9. The number of hydrogen-bond donors (Lipinski definition) is 0. The molecule has 1 nitrogen and oxygen atoms in total.